The number of aromatic nitrogens is 28. The number of pyridine rings is 4. The van der Waals surface area contributed by atoms with Crippen LogP contribution in [0.25, 0.3) is 74.0 Å². The van der Waals surface area contributed by atoms with Crippen LogP contribution in [0.4, 0.5) is 32.2 Å². The zero-order valence-electron chi connectivity index (χ0n) is 73.0. The fraction of sp³-hybridized carbons (Fsp3) is 0.204. The average Bonchev–Trinajstić information content (AvgIpc) is 1.20. The molecule has 0 bridgehead atoms. The van der Waals surface area contributed by atoms with Gasteiger partial charge in [-0.1, -0.05) is 211 Å². The van der Waals surface area contributed by atoms with E-state index in [1.165, 1.54) is 39.8 Å². The Morgan fingerprint density at radius 3 is 1.12 bits per heavy atom. The van der Waals surface area contributed by atoms with E-state index in [0.29, 0.717) is 63.1 Å². The van der Waals surface area contributed by atoms with Gasteiger partial charge in [0.05, 0.1) is 81.0 Å². The Hall–Kier alpha value is -13.4. The van der Waals surface area contributed by atoms with Gasteiger partial charge < -0.3 is 47.6 Å². The van der Waals surface area contributed by atoms with Crippen LogP contribution in [0.5, 0.6) is 0 Å². The van der Waals surface area contributed by atoms with Crippen molar-refractivity contribution < 1.29 is 111 Å². The molecule has 41 heteroatoms. The van der Waals surface area contributed by atoms with Crippen molar-refractivity contribution >= 4 is 24.5 Å². The Bertz CT molecular complexity index is 6690. The first-order valence-electron chi connectivity index (χ1n) is 40.3. The van der Waals surface area contributed by atoms with E-state index in [9.17, 15) is 26.3 Å². The van der Waals surface area contributed by atoms with Crippen molar-refractivity contribution in [1.82, 2.24) is 138 Å². The van der Waals surface area contributed by atoms with E-state index >= 15 is 0 Å². The molecule has 0 aliphatic rings. The predicted molar refractivity (Wildman–Crippen MR) is 466 cm³/mol. The first-order valence-corrected chi connectivity index (χ1v) is 43.3. The first-order chi connectivity index (χ1) is 62.2. The summed E-state index contributed by atoms with van der Waals surface area (Å²) in [6.45, 7) is 31.5. The molecular formula is C93H76F6N30Pt4Si. The number of rotatable bonds is 20. The number of benzene rings is 2. The van der Waals surface area contributed by atoms with Crippen molar-refractivity contribution in [3.05, 3.63) is 355 Å². The minimum absolute atomic E-state index is 0. The number of halogens is 6. The third-order valence-corrected chi connectivity index (χ3v) is 23.8. The van der Waals surface area contributed by atoms with Gasteiger partial charge in [0, 0.05) is 87.3 Å². The van der Waals surface area contributed by atoms with Crippen molar-refractivity contribution in [2.75, 3.05) is 0 Å². The van der Waals surface area contributed by atoms with Gasteiger partial charge in [-0.2, -0.15) is 26.3 Å². The summed E-state index contributed by atoms with van der Waals surface area (Å²) < 4.78 is 88.4. The third kappa shape index (κ3) is 23.1. The van der Waals surface area contributed by atoms with Crippen LogP contribution in [0.1, 0.15) is 144 Å². The van der Waals surface area contributed by atoms with Crippen molar-refractivity contribution in [3.63, 3.8) is 0 Å². The summed E-state index contributed by atoms with van der Waals surface area (Å²) in [5.41, 5.74) is 6.73. The SMILES string of the molecule is CC(C)(c1cccc(-n2[c-]cc(-c3ccccc3)n2)n1)c1ccnc(-n2[c-]cc(-c3ccccc3)n2)n1.CC(C)c1c[c-]n(-c2cccc(C(C)(C)c3cncc(-n4[c-]cc(C(C)C)n4)n3)n2)n1.C[Si](C)(c1cccc(-n2[c-]cc(C(F)(F)F)n2)n1)c1cccc(-n2[c-]cc(C(F)(F)F)n2)n1.[C-]#[N+]c1c[c-]n(-c2cncc(C(C)(C)c3cncc(-n4[c-]cc(C#N)n4)n3)n2)n1.[Pt+2].[Pt+2].[Pt+2].[Pt+2]. The Morgan fingerprint density at radius 2 is 0.701 bits per heavy atom. The zero-order valence-corrected chi connectivity index (χ0v) is 83.1. The zero-order chi connectivity index (χ0) is 91.9. The van der Waals surface area contributed by atoms with Crippen LogP contribution in [-0.2, 0) is 113 Å². The molecule has 0 aliphatic carbocycles. The van der Waals surface area contributed by atoms with Gasteiger partial charge in [-0.05, 0) is 124 Å². The summed E-state index contributed by atoms with van der Waals surface area (Å²) in [7, 11) is -2.62. The molecule has 0 aliphatic heterocycles. The molecule has 18 rings (SSSR count). The number of hydrogen-bond donors (Lipinski definition) is 0. The fourth-order valence-corrected chi connectivity index (χ4v) is 14.9. The Labute approximate surface area is 824 Å². The summed E-state index contributed by atoms with van der Waals surface area (Å²) in [4.78, 5) is 58.3. The molecule has 30 nitrogen and oxygen atoms in total. The van der Waals surface area contributed by atoms with Gasteiger partial charge in [0.25, 0.3) is 0 Å². The molecule has 0 amide bonds. The van der Waals surface area contributed by atoms with E-state index in [2.05, 4.69) is 190 Å². The van der Waals surface area contributed by atoms with Crippen molar-refractivity contribution in [1.29, 1.82) is 5.26 Å². The van der Waals surface area contributed by atoms with Crippen molar-refractivity contribution in [3.8, 4) is 75.3 Å². The van der Waals surface area contributed by atoms with Gasteiger partial charge in [-0.25, -0.2) is 15.0 Å². The molecule has 0 saturated carbocycles. The molecule has 16 heterocycles. The molecular weight excluding hydrogens is 2460 g/mol. The maximum Gasteiger partial charge on any atom is 2.00 e. The van der Waals surface area contributed by atoms with Gasteiger partial charge in [-0.15, -0.1) is 42.5 Å². The molecule has 18 aromatic rings. The standard InChI is InChI=1S/C30H23N7.C24H27N7.C20H14F6N6Si.C19H12N10.4Pt/c1-30(2,26-14-9-15-28(32-26)36-20-17-24(34-36)22-10-5-3-6-11-22)27-16-19-31-29(33-27)37-21-18-25(35-37)23-12-7-4-8-13-23;1-16(2)18-10-12-30(28-18)22-9-7-8-20(26-22)24(5,6)21-14-25-15-23(27-21)31-13-11-19(29-31)17(3)4;1-33(2,17-7-3-5-15(27-17)31-11-9-13(29-31)19(21,22)23)18-8-4-6-16(28-18)32-12-10-14(30-32)20(24,25)26;1-19(2,14-9-22-11-17(24-14)28-6-4-13(8-20)26-28)15-10-23-12-18(25-15)29-7-5-16(21-3)27-29;;;;/h3-19H,1-2H3;7-11,14-17H,1-6H3;3-10H,1-2H3;4-5,9-12H,1-2H3;;;;/q4*-2;4*+2. The van der Waals surface area contributed by atoms with E-state index in [0.717, 1.165) is 84.0 Å². The van der Waals surface area contributed by atoms with Crippen LogP contribution < -0.4 is 10.6 Å². The topological polar surface area (TPSA) is 325 Å². The van der Waals surface area contributed by atoms with E-state index in [4.69, 9.17) is 31.8 Å². The van der Waals surface area contributed by atoms with Gasteiger partial charge in [0.2, 0.25) is 0 Å². The Kier molecular flexibility index (Phi) is 32.2. The molecule has 0 spiro atoms. The fourth-order valence-electron chi connectivity index (χ4n) is 12.9. The summed E-state index contributed by atoms with van der Waals surface area (Å²) in [5.74, 6) is 4.56. The van der Waals surface area contributed by atoms with Gasteiger partial charge in [-0.3, -0.25) is 80.4 Å². The maximum absolute atomic E-state index is 12.9. The van der Waals surface area contributed by atoms with Crippen molar-refractivity contribution in [2.24, 2.45) is 0 Å². The molecule has 0 saturated heterocycles. The average molecular weight is 2540 g/mol. The molecule has 134 heavy (non-hydrogen) atoms. The Morgan fingerprint density at radius 1 is 0.351 bits per heavy atom. The van der Waals surface area contributed by atoms with Crippen LogP contribution in [0.2, 0.25) is 13.1 Å². The van der Waals surface area contributed by atoms with Crippen LogP contribution in [0.15, 0.2) is 231 Å². The predicted octanol–water partition coefficient (Wildman–Crippen LogP) is 15.2. The normalized spacial score (nSPS) is 11.5. The number of hydrogen-bond acceptors (Lipinski definition) is 21. The van der Waals surface area contributed by atoms with Gasteiger partial charge in [0.1, 0.15) is 5.95 Å². The number of alkyl halides is 6. The smallest absolute Gasteiger partial charge is 0.343 e. The van der Waals surface area contributed by atoms with Crippen LogP contribution >= 0.6 is 0 Å². The maximum atomic E-state index is 12.9. The summed E-state index contributed by atoms with van der Waals surface area (Å²) in [6.07, 6.45) is 25.5. The first kappa shape index (κ1) is 101. The van der Waals surface area contributed by atoms with E-state index in [-0.39, 0.29) is 107 Å². The second kappa shape index (κ2) is 42.6. The number of nitriles is 1. The Balaban J connectivity index is 0.000000171. The van der Waals surface area contributed by atoms with E-state index < -0.39 is 48.1 Å². The quantitative estimate of drug-likeness (QED) is 0.0389. The molecule has 0 atom stereocenters. The summed E-state index contributed by atoms with van der Waals surface area (Å²) >= 11 is 0. The second-order valence-corrected chi connectivity index (χ2v) is 36.2. The summed E-state index contributed by atoms with van der Waals surface area (Å²) in [6, 6.07) is 57.3. The molecule has 684 valence electrons. The minimum Gasteiger partial charge on any atom is -0.343 e. The molecule has 0 N–H and O–H groups in total. The molecule has 0 radical (unpaired) electrons. The van der Waals surface area contributed by atoms with E-state index in [1.807, 2.05) is 160 Å². The monoisotopic (exact) mass is 2530 g/mol. The largest absolute Gasteiger partial charge is 2.00 e. The third-order valence-electron chi connectivity index (χ3n) is 20.7. The molecule has 0 unspecified atom stereocenters. The van der Waals surface area contributed by atoms with Crippen LogP contribution in [0.3, 0.4) is 0 Å². The van der Waals surface area contributed by atoms with Crippen molar-refractivity contribution in [2.45, 2.75) is 123 Å². The molecule has 16 aromatic heterocycles. The van der Waals surface area contributed by atoms with Gasteiger partial charge in [0.15, 0.2) is 8.07 Å². The van der Waals surface area contributed by atoms with E-state index in [1.54, 1.807) is 80.2 Å². The van der Waals surface area contributed by atoms with Crippen LogP contribution in [0, 0.1) is 67.5 Å². The molecule has 0 fully saturated rings. The second-order valence-electron chi connectivity index (χ2n) is 31.9. The number of nitrogens with zero attached hydrogens (tertiary/aromatic N) is 30. The summed E-state index contributed by atoms with van der Waals surface area (Å²) in [5, 5.41) is 43.8. The minimum atomic E-state index is -4.60. The van der Waals surface area contributed by atoms with Gasteiger partial charge >= 0.3 is 102 Å². The molecule has 2 aromatic carbocycles. The van der Waals surface area contributed by atoms with Crippen LogP contribution in [-0.4, -0.2) is 146 Å².